The van der Waals surface area contributed by atoms with Crippen molar-refractivity contribution in [2.45, 2.75) is 19.3 Å². The minimum absolute atomic E-state index is 0.212. The molecule has 3 aromatic carbocycles. The lowest BCUT2D eigenvalue weighted by Gasteiger charge is -2.24. The zero-order valence-corrected chi connectivity index (χ0v) is 22.5. The monoisotopic (exact) mass is 542 g/mol. The number of benzene rings is 3. The number of likely N-dealkylation sites (tertiary alicyclic amines) is 1. The van der Waals surface area contributed by atoms with Crippen LogP contribution in [0, 0.1) is 0 Å². The summed E-state index contributed by atoms with van der Waals surface area (Å²) < 4.78 is 5.40. The van der Waals surface area contributed by atoms with E-state index in [1.54, 1.807) is 31.4 Å². The number of aromatic nitrogens is 2. The molecule has 8 nitrogen and oxygen atoms in total. The molecule has 0 radical (unpaired) electrons. The average Bonchev–Trinajstić information content (AvgIpc) is 2.96. The van der Waals surface area contributed by atoms with Gasteiger partial charge in [-0.15, -0.1) is 0 Å². The summed E-state index contributed by atoms with van der Waals surface area (Å²) in [6, 6.07) is 19.5. The molecule has 0 spiro atoms. The molecule has 0 saturated carbocycles. The number of ether oxygens (including phenoxy) is 1. The number of amides is 1. The standard InChI is InChI=1S/C30H31ClN6O2/c1-39-24-13-14-26(34-28(38)10-7-17-37-15-5-2-6-16-37)27(19-24)35-30-32-20-25(31)29(36-30)33-23-12-11-21-8-3-4-9-22(21)18-23/h3-4,7-14,18-20H,2,5-6,15-17H2,1H3,(H,34,38)(H2,32,33,35,36)/b10-7+. The van der Waals surface area contributed by atoms with Crippen LogP contribution in [-0.2, 0) is 4.79 Å². The first-order valence-electron chi connectivity index (χ1n) is 13.0. The third-order valence-corrected chi connectivity index (χ3v) is 6.85. The first kappa shape index (κ1) is 26.5. The van der Waals surface area contributed by atoms with E-state index in [2.05, 4.69) is 43.0 Å². The highest BCUT2D eigenvalue weighted by Crippen LogP contribution is 2.31. The summed E-state index contributed by atoms with van der Waals surface area (Å²) in [6.45, 7) is 2.93. The van der Waals surface area contributed by atoms with Crippen molar-refractivity contribution in [1.29, 1.82) is 0 Å². The lowest BCUT2D eigenvalue weighted by atomic mass is 10.1. The van der Waals surface area contributed by atoms with Crippen molar-refractivity contribution in [2.24, 2.45) is 0 Å². The van der Waals surface area contributed by atoms with Crippen LogP contribution in [0.4, 0.5) is 28.8 Å². The van der Waals surface area contributed by atoms with Crippen LogP contribution in [0.5, 0.6) is 5.75 Å². The fourth-order valence-corrected chi connectivity index (χ4v) is 4.67. The van der Waals surface area contributed by atoms with Gasteiger partial charge in [-0.25, -0.2) is 4.98 Å². The molecule has 3 N–H and O–H groups in total. The Hall–Kier alpha value is -4.14. The predicted molar refractivity (Wildman–Crippen MR) is 159 cm³/mol. The van der Waals surface area contributed by atoms with E-state index in [0.717, 1.165) is 36.1 Å². The highest BCUT2D eigenvalue weighted by atomic mass is 35.5. The third kappa shape index (κ3) is 7.04. The molecule has 9 heteroatoms. The molecule has 1 aromatic heterocycles. The summed E-state index contributed by atoms with van der Waals surface area (Å²) in [5.41, 5.74) is 2.02. The Balaban J connectivity index is 1.31. The van der Waals surface area contributed by atoms with E-state index in [0.29, 0.717) is 33.9 Å². The fourth-order valence-electron chi connectivity index (χ4n) is 4.53. The van der Waals surface area contributed by atoms with Crippen LogP contribution in [0.2, 0.25) is 5.02 Å². The van der Waals surface area contributed by atoms with Crippen molar-refractivity contribution >= 4 is 57.1 Å². The molecule has 5 rings (SSSR count). The lowest BCUT2D eigenvalue weighted by Crippen LogP contribution is -2.29. The maximum absolute atomic E-state index is 12.7. The van der Waals surface area contributed by atoms with Gasteiger partial charge >= 0.3 is 0 Å². The summed E-state index contributed by atoms with van der Waals surface area (Å²) in [5.74, 6) is 1.18. The second-order valence-corrected chi connectivity index (χ2v) is 9.77. The van der Waals surface area contributed by atoms with Crippen LogP contribution in [0.3, 0.4) is 0 Å². The minimum atomic E-state index is -0.212. The second-order valence-electron chi connectivity index (χ2n) is 9.37. The summed E-state index contributed by atoms with van der Waals surface area (Å²) >= 11 is 6.42. The summed E-state index contributed by atoms with van der Waals surface area (Å²) in [6.07, 6.45) is 8.73. The third-order valence-electron chi connectivity index (χ3n) is 6.57. The largest absolute Gasteiger partial charge is 0.497 e. The van der Waals surface area contributed by atoms with Gasteiger partial charge < -0.3 is 20.7 Å². The van der Waals surface area contributed by atoms with Gasteiger partial charge in [-0.1, -0.05) is 54.4 Å². The molecule has 0 bridgehead atoms. The number of fused-ring (bicyclic) bond motifs is 1. The van der Waals surface area contributed by atoms with Gasteiger partial charge in [0, 0.05) is 24.4 Å². The van der Waals surface area contributed by atoms with Crippen molar-refractivity contribution in [3.8, 4) is 5.75 Å². The topological polar surface area (TPSA) is 91.4 Å². The summed E-state index contributed by atoms with van der Waals surface area (Å²) in [5, 5.41) is 12.1. The first-order chi connectivity index (χ1) is 19.1. The molecule has 1 saturated heterocycles. The Morgan fingerprint density at radius 2 is 1.82 bits per heavy atom. The van der Waals surface area contributed by atoms with E-state index >= 15 is 0 Å². The normalized spacial score (nSPS) is 13.9. The van der Waals surface area contributed by atoms with Crippen LogP contribution in [-0.4, -0.2) is 47.5 Å². The smallest absolute Gasteiger partial charge is 0.248 e. The number of carbonyl (C=O) groups is 1. The van der Waals surface area contributed by atoms with Crippen molar-refractivity contribution in [3.63, 3.8) is 0 Å². The zero-order valence-electron chi connectivity index (χ0n) is 21.8. The Kier molecular flexibility index (Phi) is 8.55. The Labute approximate surface area is 233 Å². The Bertz CT molecular complexity index is 1490. The molecule has 200 valence electrons. The quantitative estimate of drug-likeness (QED) is 0.201. The molecule has 1 aliphatic heterocycles. The van der Waals surface area contributed by atoms with Gasteiger partial charge in [0.1, 0.15) is 10.8 Å². The maximum atomic E-state index is 12.7. The fraction of sp³-hybridized carbons (Fsp3) is 0.233. The molecule has 1 fully saturated rings. The molecule has 0 unspecified atom stereocenters. The second kappa shape index (κ2) is 12.6. The van der Waals surface area contributed by atoms with Crippen molar-refractivity contribution in [2.75, 3.05) is 42.7 Å². The van der Waals surface area contributed by atoms with Crippen LogP contribution < -0.4 is 20.7 Å². The van der Waals surface area contributed by atoms with Crippen molar-refractivity contribution in [3.05, 3.63) is 84.0 Å². The van der Waals surface area contributed by atoms with Crippen LogP contribution in [0.1, 0.15) is 19.3 Å². The van der Waals surface area contributed by atoms with Crippen LogP contribution in [0.15, 0.2) is 79.0 Å². The summed E-state index contributed by atoms with van der Waals surface area (Å²) in [7, 11) is 1.59. The van der Waals surface area contributed by atoms with Gasteiger partial charge in [-0.3, -0.25) is 9.69 Å². The number of hydrogen-bond acceptors (Lipinski definition) is 7. The lowest BCUT2D eigenvalue weighted by molar-refractivity contribution is -0.111. The van der Waals surface area contributed by atoms with E-state index < -0.39 is 0 Å². The zero-order chi connectivity index (χ0) is 27.0. The molecule has 0 atom stereocenters. The predicted octanol–water partition coefficient (Wildman–Crippen LogP) is 6.76. The van der Waals surface area contributed by atoms with E-state index in [-0.39, 0.29) is 5.91 Å². The van der Waals surface area contributed by atoms with Crippen LogP contribution >= 0.6 is 11.6 Å². The van der Waals surface area contributed by atoms with Crippen LogP contribution in [0.25, 0.3) is 10.8 Å². The number of carbonyl (C=O) groups excluding carboxylic acids is 1. The number of anilines is 5. The SMILES string of the molecule is COc1ccc(NC(=O)/C=C/CN2CCCCC2)c(Nc2ncc(Cl)c(Nc3ccc4ccccc4c3)n2)c1. The van der Waals surface area contributed by atoms with E-state index in [4.69, 9.17) is 16.3 Å². The van der Waals surface area contributed by atoms with Gasteiger partial charge in [-0.2, -0.15) is 4.98 Å². The van der Waals surface area contributed by atoms with E-state index in [9.17, 15) is 4.79 Å². The number of methoxy groups -OCH3 is 1. The van der Waals surface area contributed by atoms with Gasteiger partial charge in [0.25, 0.3) is 0 Å². The summed E-state index contributed by atoms with van der Waals surface area (Å²) in [4.78, 5) is 23.9. The minimum Gasteiger partial charge on any atom is -0.497 e. The molecule has 1 aliphatic rings. The molecular weight excluding hydrogens is 512 g/mol. The Morgan fingerprint density at radius 1 is 1.00 bits per heavy atom. The molecule has 1 amide bonds. The molecular formula is C30H31ClN6O2. The number of nitrogens with one attached hydrogen (secondary N) is 3. The van der Waals surface area contributed by atoms with E-state index in [1.807, 2.05) is 36.4 Å². The van der Waals surface area contributed by atoms with E-state index in [1.165, 1.54) is 25.5 Å². The number of hydrogen-bond donors (Lipinski definition) is 3. The van der Waals surface area contributed by atoms with Crippen molar-refractivity contribution < 1.29 is 9.53 Å². The Morgan fingerprint density at radius 3 is 2.64 bits per heavy atom. The average molecular weight is 543 g/mol. The molecule has 39 heavy (non-hydrogen) atoms. The highest BCUT2D eigenvalue weighted by molar-refractivity contribution is 6.33. The van der Waals surface area contributed by atoms with Gasteiger partial charge in [0.15, 0.2) is 5.82 Å². The molecule has 0 aliphatic carbocycles. The number of piperidine rings is 1. The maximum Gasteiger partial charge on any atom is 0.248 e. The highest BCUT2D eigenvalue weighted by Gasteiger charge is 2.12. The number of nitrogens with zero attached hydrogens (tertiary/aromatic N) is 3. The number of halogens is 1. The first-order valence-corrected chi connectivity index (χ1v) is 13.4. The molecule has 4 aromatic rings. The molecule has 2 heterocycles. The van der Waals surface area contributed by atoms with Gasteiger partial charge in [-0.05, 0) is 61.0 Å². The van der Waals surface area contributed by atoms with Gasteiger partial charge in [0.05, 0.1) is 24.7 Å². The number of rotatable bonds is 9. The van der Waals surface area contributed by atoms with Gasteiger partial charge in [0.2, 0.25) is 11.9 Å². The van der Waals surface area contributed by atoms with Crippen molar-refractivity contribution in [1.82, 2.24) is 14.9 Å².